The molecular weight excluding hydrogens is 400 g/mol. The zero-order chi connectivity index (χ0) is 22.8. The molecule has 9 heteroatoms. The van der Waals surface area contributed by atoms with Crippen LogP contribution < -0.4 is 10.6 Å². The van der Waals surface area contributed by atoms with Crippen molar-refractivity contribution in [3.05, 3.63) is 33.9 Å². The normalized spacial score (nSPS) is 15.1. The summed E-state index contributed by atoms with van der Waals surface area (Å²) in [7, 11) is 0. The Bertz CT molecular complexity index is 760. The molecular formula is C22H34N4O5. The average Bonchev–Trinajstić information content (AvgIpc) is 2.73. The summed E-state index contributed by atoms with van der Waals surface area (Å²) in [6.07, 6.45) is 2.87. The Balaban J connectivity index is 1.67. The molecule has 1 aliphatic heterocycles. The lowest BCUT2D eigenvalue weighted by Crippen LogP contribution is -2.41. The van der Waals surface area contributed by atoms with Crippen molar-refractivity contribution in [1.29, 1.82) is 0 Å². The monoisotopic (exact) mass is 434 g/mol. The van der Waals surface area contributed by atoms with E-state index in [1.54, 1.807) is 19.1 Å². The van der Waals surface area contributed by atoms with E-state index in [9.17, 15) is 19.7 Å². The molecule has 0 aliphatic carbocycles. The van der Waals surface area contributed by atoms with Gasteiger partial charge in [0.15, 0.2) is 0 Å². The maximum Gasteiger partial charge on any atom is 0.274 e. The summed E-state index contributed by atoms with van der Waals surface area (Å²) in [6, 6.07) is 4.65. The number of carbonyl (C=O) groups excluding carboxylic acids is 2. The lowest BCUT2D eigenvalue weighted by molar-refractivity contribution is -0.385. The van der Waals surface area contributed by atoms with Crippen molar-refractivity contribution in [3.8, 4) is 0 Å². The van der Waals surface area contributed by atoms with Gasteiger partial charge in [0.1, 0.15) is 0 Å². The first-order valence-electron chi connectivity index (χ1n) is 10.9. The SMILES string of the molecule is Cc1c(NC(=O)CCN2CCC(C(=O)NCCCOC(C)C)CC2)cccc1[N+](=O)[O-]. The average molecular weight is 435 g/mol. The Morgan fingerprint density at radius 1 is 1.29 bits per heavy atom. The number of nitro groups is 1. The number of rotatable bonds is 11. The molecule has 0 atom stereocenters. The number of hydrogen-bond acceptors (Lipinski definition) is 6. The number of hydrogen-bond donors (Lipinski definition) is 2. The molecule has 1 aromatic rings. The largest absolute Gasteiger partial charge is 0.379 e. The van der Waals surface area contributed by atoms with E-state index < -0.39 is 4.92 Å². The van der Waals surface area contributed by atoms with Gasteiger partial charge >= 0.3 is 0 Å². The van der Waals surface area contributed by atoms with Crippen LogP contribution in [0.5, 0.6) is 0 Å². The smallest absolute Gasteiger partial charge is 0.274 e. The van der Waals surface area contributed by atoms with Crippen molar-refractivity contribution >= 4 is 23.2 Å². The summed E-state index contributed by atoms with van der Waals surface area (Å²) in [5.41, 5.74) is 0.905. The van der Waals surface area contributed by atoms with Crippen LogP contribution in [0.15, 0.2) is 18.2 Å². The number of ether oxygens (including phenoxy) is 1. The molecule has 9 nitrogen and oxygen atoms in total. The highest BCUT2D eigenvalue weighted by molar-refractivity contribution is 5.92. The van der Waals surface area contributed by atoms with Crippen LogP contribution >= 0.6 is 0 Å². The van der Waals surface area contributed by atoms with E-state index in [1.807, 2.05) is 13.8 Å². The van der Waals surface area contributed by atoms with Crippen LogP contribution in [0.4, 0.5) is 11.4 Å². The second-order valence-electron chi connectivity index (χ2n) is 8.19. The topological polar surface area (TPSA) is 114 Å². The van der Waals surface area contributed by atoms with Gasteiger partial charge in [-0.25, -0.2) is 0 Å². The second kappa shape index (κ2) is 12.4. The van der Waals surface area contributed by atoms with Crippen molar-refractivity contribution < 1.29 is 19.2 Å². The second-order valence-corrected chi connectivity index (χ2v) is 8.19. The Kier molecular flexibility index (Phi) is 9.87. The molecule has 1 heterocycles. The maximum atomic E-state index is 12.3. The van der Waals surface area contributed by atoms with Crippen LogP contribution in [0, 0.1) is 23.0 Å². The van der Waals surface area contributed by atoms with Gasteiger partial charge in [0, 0.05) is 38.1 Å². The number of anilines is 1. The van der Waals surface area contributed by atoms with Crippen molar-refractivity contribution in [1.82, 2.24) is 10.2 Å². The van der Waals surface area contributed by atoms with Crippen molar-refractivity contribution in [2.45, 2.75) is 52.6 Å². The minimum Gasteiger partial charge on any atom is -0.379 e. The summed E-state index contributed by atoms with van der Waals surface area (Å²) in [6.45, 7) is 9.03. The number of piperidine rings is 1. The van der Waals surface area contributed by atoms with Crippen molar-refractivity contribution in [2.24, 2.45) is 5.92 Å². The lowest BCUT2D eigenvalue weighted by Gasteiger charge is -2.31. The zero-order valence-corrected chi connectivity index (χ0v) is 18.7. The number of benzene rings is 1. The van der Waals surface area contributed by atoms with Gasteiger partial charge in [-0.05, 0) is 59.2 Å². The Hall–Kier alpha value is -2.52. The van der Waals surface area contributed by atoms with Gasteiger partial charge in [0.25, 0.3) is 5.69 Å². The molecule has 2 rings (SSSR count). The van der Waals surface area contributed by atoms with Crippen molar-refractivity contribution in [2.75, 3.05) is 38.1 Å². The fourth-order valence-electron chi connectivity index (χ4n) is 3.59. The van der Waals surface area contributed by atoms with E-state index in [2.05, 4.69) is 15.5 Å². The minimum atomic E-state index is -0.454. The first-order chi connectivity index (χ1) is 14.8. The van der Waals surface area contributed by atoms with Gasteiger partial charge in [-0.2, -0.15) is 0 Å². The van der Waals surface area contributed by atoms with Gasteiger partial charge < -0.3 is 20.3 Å². The Morgan fingerprint density at radius 2 is 2.00 bits per heavy atom. The molecule has 2 amide bonds. The van der Waals surface area contributed by atoms with Gasteiger partial charge in [0.2, 0.25) is 11.8 Å². The highest BCUT2D eigenvalue weighted by Gasteiger charge is 2.25. The third kappa shape index (κ3) is 8.26. The summed E-state index contributed by atoms with van der Waals surface area (Å²) in [5.74, 6) is -0.0567. The quantitative estimate of drug-likeness (QED) is 0.314. The van der Waals surface area contributed by atoms with E-state index in [0.717, 1.165) is 32.4 Å². The maximum absolute atomic E-state index is 12.3. The molecule has 31 heavy (non-hydrogen) atoms. The number of likely N-dealkylation sites (tertiary alicyclic amines) is 1. The van der Waals surface area contributed by atoms with Gasteiger partial charge in [-0.15, -0.1) is 0 Å². The van der Waals surface area contributed by atoms with Crippen LogP contribution in [0.2, 0.25) is 0 Å². The van der Waals surface area contributed by atoms with E-state index in [4.69, 9.17) is 4.74 Å². The van der Waals surface area contributed by atoms with E-state index in [-0.39, 0.29) is 29.5 Å². The van der Waals surface area contributed by atoms with Crippen LogP contribution in [-0.4, -0.2) is 60.5 Å². The van der Waals surface area contributed by atoms with E-state index >= 15 is 0 Å². The van der Waals surface area contributed by atoms with Gasteiger partial charge in [0.05, 0.1) is 22.3 Å². The molecule has 0 bridgehead atoms. The molecule has 1 saturated heterocycles. The fourth-order valence-corrected chi connectivity index (χ4v) is 3.59. The predicted octanol–water partition coefficient (Wildman–Crippen LogP) is 2.88. The van der Waals surface area contributed by atoms with Crippen LogP contribution in [-0.2, 0) is 14.3 Å². The van der Waals surface area contributed by atoms with Crippen LogP contribution in [0.25, 0.3) is 0 Å². The molecule has 1 fully saturated rings. The summed E-state index contributed by atoms with van der Waals surface area (Å²) >= 11 is 0. The third-order valence-electron chi connectivity index (χ3n) is 5.46. The molecule has 172 valence electrons. The molecule has 0 radical (unpaired) electrons. The number of nitrogens with one attached hydrogen (secondary N) is 2. The molecule has 0 spiro atoms. The van der Waals surface area contributed by atoms with Gasteiger partial charge in [-0.1, -0.05) is 6.07 Å². The highest BCUT2D eigenvalue weighted by Crippen LogP contribution is 2.25. The lowest BCUT2D eigenvalue weighted by atomic mass is 9.96. The standard InChI is InChI=1S/C22H34N4O5/c1-16(2)31-15-5-11-23-22(28)18-8-12-25(13-9-18)14-10-21(27)24-19-6-4-7-20(17(19)3)26(29)30/h4,6-7,16,18H,5,8-15H2,1-3H3,(H,23,28)(H,24,27). The Morgan fingerprint density at radius 3 is 2.65 bits per heavy atom. The van der Waals surface area contributed by atoms with Crippen LogP contribution in [0.1, 0.15) is 45.1 Å². The van der Waals surface area contributed by atoms with Crippen LogP contribution in [0.3, 0.4) is 0 Å². The molecule has 0 unspecified atom stereocenters. The number of carbonyl (C=O) groups is 2. The molecule has 0 aromatic heterocycles. The Labute approximate surface area is 183 Å². The first-order valence-corrected chi connectivity index (χ1v) is 10.9. The molecule has 2 N–H and O–H groups in total. The summed E-state index contributed by atoms with van der Waals surface area (Å²) < 4.78 is 5.47. The van der Waals surface area contributed by atoms with Crippen molar-refractivity contribution in [3.63, 3.8) is 0 Å². The fraction of sp³-hybridized carbons (Fsp3) is 0.636. The predicted molar refractivity (Wildman–Crippen MR) is 119 cm³/mol. The third-order valence-corrected chi connectivity index (χ3v) is 5.46. The summed E-state index contributed by atoms with van der Waals surface area (Å²) in [5, 5.41) is 16.8. The minimum absolute atomic E-state index is 0.00871. The summed E-state index contributed by atoms with van der Waals surface area (Å²) in [4.78, 5) is 37.3. The molecule has 1 aliphatic rings. The zero-order valence-electron chi connectivity index (χ0n) is 18.7. The van der Waals surface area contributed by atoms with E-state index in [0.29, 0.717) is 37.4 Å². The van der Waals surface area contributed by atoms with E-state index in [1.165, 1.54) is 6.07 Å². The highest BCUT2D eigenvalue weighted by atomic mass is 16.6. The number of nitrogens with zero attached hydrogens (tertiary/aromatic N) is 2. The molecule has 0 saturated carbocycles. The number of nitro benzene ring substituents is 1. The number of amides is 2. The van der Waals surface area contributed by atoms with Gasteiger partial charge in [-0.3, -0.25) is 19.7 Å². The first kappa shape index (κ1) is 24.7. The molecule has 1 aromatic carbocycles.